The van der Waals surface area contributed by atoms with Gasteiger partial charge in [0.1, 0.15) is 0 Å². The molecule has 0 saturated carbocycles. The maximum Gasteiger partial charge on any atom is 0.204 e. The Labute approximate surface area is 69.5 Å². The van der Waals surface area contributed by atoms with Crippen molar-refractivity contribution in [3.05, 3.63) is 12.2 Å². The topological polar surface area (TPSA) is 74.6 Å². The summed E-state index contributed by atoms with van der Waals surface area (Å²) in [6.45, 7) is 0. The Morgan fingerprint density at radius 1 is 1.50 bits per heavy atom. The van der Waals surface area contributed by atoms with Gasteiger partial charge in [0.2, 0.25) is 5.78 Å². The van der Waals surface area contributed by atoms with Crippen LogP contribution in [-0.4, -0.2) is 34.5 Å². The van der Waals surface area contributed by atoms with Gasteiger partial charge in [-0.2, -0.15) is 0 Å². The molecule has 1 aliphatic rings. The average molecular weight is 170 g/mol. The first-order valence-corrected chi connectivity index (χ1v) is 3.68. The Morgan fingerprint density at radius 2 is 2.17 bits per heavy atom. The quantitative estimate of drug-likeness (QED) is 0.318. The van der Waals surface area contributed by atoms with E-state index in [1.807, 2.05) is 0 Å². The zero-order chi connectivity index (χ0) is 9.14. The van der Waals surface area contributed by atoms with E-state index in [0.717, 1.165) is 0 Å². The van der Waals surface area contributed by atoms with Crippen LogP contribution in [0.2, 0.25) is 0 Å². The van der Waals surface area contributed by atoms with Crippen LogP contribution in [0.4, 0.5) is 0 Å². The fourth-order valence-electron chi connectivity index (χ4n) is 1.20. The maximum atomic E-state index is 10.8. The molecule has 0 aliphatic heterocycles. The number of ketones is 1. The lowest BCUT2D eigenvalue weighted by Gasteiger charge is -2.24. The van der Waals surface area contributed by atoms with Crippen molar-refractivity contribution in [3.63, 3.8) is 0 Å². The molecule has 0 aromatic heterocycles. The molecule has 0 bridgehead atoms. The molecule has 0 amide bonds. The zero-order valence-corrected chi connectivity index (χ0v) is 6.38. The Balaban J connectivity index is 2.76. The summed E-state index contributed by atoms with van der Waals surface area (Å²) in [6, 6.07) is 0. The molecule has 0 spiro atoms. The fraction of sp³-hybridized carbons (Fsp3) is 0.500. The summed E-state index contributed by atoms with van der Waals surface area (Å²) in [6.07, 6.45) is 1.44. The second-order valence-corrected chi connectivity index (χ2v) is 2.77. The number of carbonyl (C=O) groups excluding carboxylic acids is 2. The largest absolute Gasteiger partial charge is 0.390 e. The lowest BCUT2D eigenvalue weighted by molar-refractivity contribution is -0.135. The van der Waals surface area contributed by atoms with Gasteiger partial charge in [-0.05, 0) is 6.42 Å². The first-order valence-electron chi connectivity index (χ1n) is 3.68. The van der Waals surface area contributed by atoms with Crippen LogP contribution >= 0.6 is 0 Å². The van der Waals surface area contributed by atoms with Crippen molar-refractivity contribution in [2.75, 3.05) is 0 Å². The summed E-state index contributed by atoms with van der Waals surface area (Å²) in [7, 11) is 0. The van der Waals surface area contributed by atoms with Crippen molar-refractivity contribution in [1.82, 2.24) is 0 Å². The Morgan fingerprint density at radius 3 is 2.75 bits per heavy atom. The van der Waals surface area contributed by atoms with Gasteiger partial charge in [-0.15, -0.1) is 0 Å². The van der Waals surface area contributed by atoms with Gasteiger partial charge in [-0.3, -0.25) is 9.59 Å². The lowest BCUT2D eigenvalue weighted by atomic mass is 9.88. The predicted molar refractivity (Wildman–Crippen MR) is 40.3 cm³/mol. The van der Waals surface area contributed by atoms with E-state index in [1.54, 1.807) is 6.08 Å². The van der Waals surface area contributed by atoms with Gasteiger partial charge in [0.15, 0.2) is 6.29 Å². The number of hydrogen-bond donors (Lipinski definition) is 2. The molecular formula is C8H10O4. The van der Waals surface area contributed by atoms with E-state index >= 15 is 0 Å². The Hall–Kier alpha value is -1.00. The van der Waals surface area contributed by atoms with Crippen molar-refractivity contribution >= 4 is 12.1 Å². The molecule has 0 saturated heterocycles. The molecular weight excluding hydrogens is 160 g/mol. The third kappa shape index (κ3) is 1.60. The molecule has 0 aromatic rings. The van der Waals surface area contributed by atoms with E-state index < -0.39 is 23.9 Å². The van der Waals surface area contributed by atoms with Crippen LogP contribution < -0.4 is 0 Å². The first-order chi connectivity index (χ1) is 5.66. The molecule has 0 fully saturated rings. The summed E-state index contributed by atoms with van der Waals surface area (Å²) in [5.74, 6) is -1.57. The molecule has 12 heavy (non-hydrogen) atoms. The maximum absolute atomic E-state index is 10.8. The number of aliphatic hydroxyl groups is 2. The van der Waals surface area contributed by atoms with E-state index in [1.165, 1.54) is 6.08 Å². The SMILES string of the molecule is O=CC(=O)C1C=CCC(O)C1O. The van der Waals surface area contributed by atoms with Gasteiger partial charge in [-0.25, -0.2) is 0 Å². The second-order valence-electron chi connectivity index (χ2n) is 2.77. The third-order valence-corrected chi connectivity index (χ3v) is 1.93. The van der Waals surface area contributed by atoms with Crippen molar-refractivity contribution < 1.29 is 19.8 Å². The van der Waals surface area contributed by atoms with E-state index in [2.05, 4.69) is 0 Å². The highest BCUT2D eigenvalue weighted by molar-refractivity contribution is 6.26. The lowest BCUT2D eigenvalue weighted by Crippen LogP contribution is -2.39. The highest BCUT2D eigenvalue weighted by atomic mass is 16.3. The molecule has 1 aliphatic carbocycles. The molecule has 66 valence electrons. The second kappa shape index (κ2) is 3.60. The van der Waals surface area contributed by atoms with Gasteiger partial charge in [0, 0.05) is 0 Å². The van der Waals surface area contributed by atoms with E-state index in [-0.39, 0.29) is 6.29 Å². The highest BCUT2D eigenvalue weighted by Gasteiger charge is 2.31. The number of rotatable bonds is 2. The minimum Gasteiger partial charge on any atom is -0.390 e. The normalized spacial score (nSPS) is 34.7. The van der Waals surface area contributed by atoms with Crippen molar-refractivity contribution in [3.8, 4) is 0 Å². The zero-order valence-electron chi connectivity index (χ0n) is 6.38. The average Bonchev–Trinajstić information content (AvgIpc) is 2.08. The molecule has 2 N–H and O–H groups in total. The number of carbonyl (C=O) groups is 2. The van der Waals surface area contributed by atoms with Crippen LogP contribution in [0.25, 0.3) is 0 Å². The summed E-state index contributed by atoms with van der Waals surface area (Å²) in [4.78, 5) is 20.9. The molecule has 3 atom stereocenters. The van der Waals surface area contributed by atoms with Crippen LogP contribution in [0.3, 0.4) is 0 Å². The standard InChI is InChI=1S/C8H10O4/c9-4-7(11)5-2-1-3-6(10)8(5)12/h1-2,4-6,8,10,12H,3H2. The van der Waals surface area contributed by atoms with Crippen LogP contribution in [0.15, 0.2) is 12.2 Å². The van der Waals surface area contributed by atoms with E-state index in [9.17, 15) is 14.7 Å². The van der Waals surface area contributed by atoms with Crippen LogP contribution in [0.1, 0.15) is 6.42 Å². The van der Waals surface area contributed by atoms with Gasteiger partial charge in [0.05, 0.1) is 18.1 Å². The molecule has 1 rings (SSSR count). The number of hydrogen-bond acceptors (Lipinski definition) is 4. The summed E-state index contributed by atoms with van der Waals surface area (Å²) < 4.78 is 0. The van der Waals surface area contributed by atoms with Crippen LogP contribution in [-0.2, 0) is 9.59 Å². The number of aliphatic hydroxyl groups excluding tert-OH is 2. The fourth-order valence-corrected chi connectivity index (χ4v) is 1.20. The third-order valence-electron chi connectivity index (χ3n) is 1.93. The van der Waals surface area contributed by atoms with Crippen LogP contribution in [0, 0.1) is 5.92 Å². The molecule has 4 nitrogen and oxygen atoms in total. The molecule has 3 unspecified atom stereocenters. The van der Waals surface area contributed by atoms with E-state index in [0.29, 0.717) is 6.42 Å². The number of Topliss-reactive ketones (excluding diaryl/α,β-unsaturated/α-hetero) is 1. The van der Waals surface area contributed by atoms with Crippen molar-refractivity contribution in [1.29, 1.82) is 0 Å². The smallest absolute Gasteiger partial charge is 0.204 e. The molecule has 0 aromatic carbocycles. The Kier molecular flexibility index (Phi) is 2.73. The molecule has 0 radical (unpaired) electrons. The Bertz CT molecular complexity index is 221. The van der Waals surface area contributed by atoms with Gasteiger partial charge in [0.25, 0.3) is 0 Å². The molecule has 0 heterocycles. The van der Waals surface area contributed by atoms with Gasteiger partial charge >= 0.3 is 0 Å². The van der Waals surface area contributed by atoms with Gasteiger partial charge in [-0.1, -0.05) is 12.2 Å². The molecule has 4 heteroatoms. The summed E-state index contributed by atoms with van der Waals surface area (Å²) in [5, 5.41) is 18.4. The van der Waals surface area contributed by atoms with Crippen molar-refractivity contribution in [2.24, 2.45) is 5.92 Å². The van der Waals surface area contributed by atoms with E-state index in [4.69, 9.17) is 5.11 Å². The van der Waals surface area contributed by atoms with Gasteiger partial charge < -0.3 is 10.2 Å². The monoisotopic (exact) mass is 170 g/mol. The van der Waals surface area contributed by atoms with Crippen molar-refractivity contribution in [2.45, 2.75) is 18.6 Å². The predicted octanol–water partition coefficient (Wildman–Crippen LogP) is -0.948. The number of aldehydes is 1. The first kappa shape index (κ1) is 9.09. The minimum absolute atomic E-state index is 0.163. The summed E-state index contributed by atoms with van der Waals surface area (Å²) >= 11 is 0. The minimum atomic E-state index is -1.15. The summed E-state index contributed by atoms with van der Waals surface area (Å²) in [5.41, 5.74) is 0. The highest BCUT2D eigenvalue weighted by Crippen LogP contribution is 2.18. The van der Waals surface area contributed by atoms with Crippen LogP contribution in [0.5, 0.6) is 0 Å².